The maximum atomic E-state index is 13.6. The lowest BCUT2D eigenvalue weighted by Gasteiger charge is -2.35. The summed E-state index contributed by atoms with van der Waals surface area (Å²) in [5, 5.41) is 14.3. The van der Waals surface area contributed by atoms with Crippen LogP contribution in [0.15, 0.2) is 24.3 Å². The topological polar surface area (TPSA) is 102 Å². The highest BCUT2D eigenvalue weighted by atomic mass is 19.1. The van der Waals surface area contributed by atoms with Crippen molar-refractivity contribution in [1.82, 2.24) is 30.4 Å². The van der Waals surface area contributed by atoms with E-state index in [1.165, 1.54) is 16.8 Å². The molecule has 2 heterocycles. The third kappa shape index (κ3) is 5.27. The van der Waals surface area contributed by atoms with E-state index in [9.17, 15) is 14.0 Å². The Morgan fingerprint density at radius 3 is 2.93 bits per heavy atom. The molecular weight excluding hydrogens is 379 g/mol. The van der Waals surface area contributed by atoms with Gasteiger partial charge >= 0.3 is 6.09 Å². The Bertz CT molecular complexity index is 858. The summed E-state index contributed by atoms with van der Waals surface area (Å²) in [6.45, 7) is 4.68. The number of carbonyl (C=O) groups is 2. The van der Waals surface area contributed by atoms with Gasteiger partial charge in [-0.3, -0.25) is 4.79 Å². The van der Waals surface area contributed by atoms with E-state index in [4.69, 9.17) is 4.74 Å². The lowest BCUT2D eigenvalue weighted by Crippen LogP contribution is -2.51. The van der Waals surface area contributed by atoms with Crippen molar-refractivity contribution >= 4 is 12.0 Å². The van der Waals surface area contributed by atoms with Crippen molar-refractivity contribution < 1.29 is 18.7 Å². The van der Waals surface area contributed by atoms with Gasteiger partial charge in [0.15, 0.2) is 0 Å². The molecule has 10 heteroatoms. The van der Waals surface area contributed by atoms with Gasteiger partial charge in [-0.25, -0.2) is 13.9 Å². The van der Waals surface area contributed by atoms with Crippen LogP contribution in [0.2, 0.25) is 0 Å². The first-order valence-corrected chi connectivity index (χ1v) is 9.69. The molecule has 9 nitrogen and oxygen atoms in total. The van der Waals surface area contributed by atoms with Crippen LogP contribution >= 0.6 is 0 Å². The summed E-state index contributed by atoms with van der Waals surface area (Å²) in [6, 6.07) is 5.26. The largest absolute Gasteiger partial charge is 0.450 e. The maximum absolute atomic E-state index is 13.6. The summed E-state index contributed by atoms with van der Waals surface area (Å²) >= 11 is 0. The molecule has 29 heavy (non-hydrogen) atoms. The van der Waals surface area contributed by atoms with E-state index in [-0.39, 0.29) is 30.8 Å². The fraction of sp³-hybridized carbons (Fsp3) is 0.526. The highest BCUT2D eigenvalue weighted by Gasteiger charge is 2.32. The summed E-state index contributed by atoms with van der Waals surface area (Å²) in [5.74, 6) is -0.0307. The third-order valence-corrected chi connectivity index (χ3v) is 4.89. The average Bonchev–Trinajstić information content (AvgIpc) is 3.11. The van der Waals surface area contributed by atoms with Gasteiger partial charge in [-0.1, -0.05) is 12.1 Å². The number of nitrogens with one attached hydrogen (secondary N) is 1. The van der Waals surface area contributed by atoms with Crippen molar-refractivity contribution in [3.05, 3.63) is 41.5 Å². The summed E-state index contributed by atoms with van der Waals surface area (Å²) in [6.07, 6.45) is 1.29. The monoisotopic (exact) mass is 404 g/mol. The minimum atomic E-state index is -0.701. The summed E-state index contributed by atoms with van der Waals surface area (Å²) < 4.78 is 20.0. The smallest absolute Gasteiger partial charge is 0.407 e. The SMILES string of the molecule is CCOC(=O)N[C@H]1CCCN(C(=O)[C@H](Cc2cccc(F)c2)n2nnnc2C)C1. The van der Waals surface area contributed by atoms with Crippen LogP contribution in [-0.4, -0.2) is 62.8 Å². The van der Waals surface area contributed by atoms with Gasteiger partial charge in [0.05, 0.1) is 6.61 Å². The number of halogens is 1. The van der Waals surface area contributed by atoms with Gasteiger partial charge in [0.2, 0.25) is 5.91 Å². The number of nitrogens with zero attached hydrogens (tertiary/aromatic N) is 5. The summed E-state index contributed by atoms with van der Waals surface area (Å²) in [7, 11) is 0. The number of benzene rings is 1. The molecule has 1 aliphatic heterocycles. The molecule has 1 aliphatic rings. The maximum Gasteiger partial charge on any atom is 0.407 e. The molecule has 1 saturated heterocycles. The number of aromatic nitrogens is 4. The van der Waals surface area contributed by atoms with E-state index in [1.807, 2.05) is 0 Å². The van der Waals surface area contributed by atoms with Crippen LogP contribution in [-0.2, 0) is 16.0 Å². The Morgan fingerprint density at radius 1 is 1.41 bits per heavy atom. The van der Waals surface area contributed by atoms with Gasteiger partial charge < -0.3 is 15.0 Å². The molecule has 156 valence electrons. The van der Waals surface area contributed by atoms with Crippen LogP contribution in [0.5, 0.6) is 0 Å². The molecule has 0 radical (unpaired) electrons. The number of tetrazole rings is 1. The predicted molar refractivity (Wildman–Crippen MR) is 101 cm³/mol. The van der Waals surface area contributed by atoms with Gasteiger partial charge in [0.1, 0.15) is 17.7 Å². The number of ether oxygens (including phenoxy) is 1. The minimum Gasteiger partial charge on any atom is -0.450 e. The van der Waals surface area contributed by atoms with E-state index >= 15 is 0 Å². The van der Waals surface area contributed by atoms with Crippen LogP contribution < -0.4 is 5.32 Å². The first-order chi connectivity index (χ1) is 14.0. The number of amides is 2. The molecule has 2 amide bonds. The molecule has 0 bridgehead atoms. The fourth-order valence-electron chi connectivity index (χ4n) is 3.54. The number of hydrogen-bond donors (Lipinski definition) is 1. The Kier molecular flexibility index (Phi) is 6.73. The molecule has 1 fully saturated rings. The second kappa shape index (κ2) is 9.44. The molecule has 0 saturated carbocycles. The molecule has 2 atom stereocenters. The van der Waals surface area contributed by atoms with Crippen molar-refractivity contribution in [2.45, 2.75) is 45.2 Å². The molecule has 2 aromatic rings. The highest BCUT2D eigenvalue weighted by Crippen LogP contribution is 2.21. The first-order valence-electron chi connectivity index (χ1n) is 9.69. The average molecular weight is 404 g/mol. The third-order valence-electron chi connectivity index (χ3n) is 4.89. The van der Waals surface area contributed by atoms with Crippen molar-refractivity contribution in [2.24, 2.45) is 0 Å². The number of rotatable bonds is 6. The Hall–Kier alpha value is -3.04. The standard InChI is InChI=1S/C19H25FN6O3/c1-3-29-19(28)21-16-8-5-9-25(12-16)18(27)17(26-13(2)22-23-24-26)11-14-6-4-7-15(20)10-14/h4,6-7,10,16-17H,3,5,8-9,11-12H2,1-2H3,(H,21,28)/t16-,17-/m0/s1. The number of likely N-dealkylation sites (tertiary alicyclic amines) is 1. The van der Waals surface area contributed by atoms with Crippen LogP contribution in [0.1, 0.15) is 37.2 Å². The van der Waals surface area contributed by atoms with Crippen LogP contribution in [0.4, 0.5) is 9.18 Å². The summed E-state index contributed by atoms with van der Waals surface area (Å²) in [4.78, 5) is 26.8. The zero-order valence-electron chi connectivity index (χ0n) is 16.5. The molecule has 1 N–H and O–H groups in total. The lowest BCUT2D eigenvalue weighted by molar-refractivity contribution is -0.136. The number of carbonyl (C=O) groups excluding carboxylic acids is 2. The van der Waals surface area contributed by atoms with Crippen LogP contribution in [0, 0.1) is 12.7 Å². The predicted octanol–water partition coefficient (Wildman–Crippen LogP) is 1.64. The van der Waals surface area contributed by atoms with Crippen LogP contribution in [0.3, 0.4) is 0 Å². The van der Waals surface area contributed by atoms with E-state index in [0.29, 0.717) is 24.5 Å². The number of aryl methyl sites for hydroxylation is 1. The van der Waals surface area contributed by atoms with E-state index < -0.39 is 12.1 Å². The van der Waals surface area contributed by atoms with Gasteiger partial charge in [-0.15, -0.1) is 5.10 Å². The van der Waals surface area contributed by atoms with Gasteiger partial charge in [0, 0.05) is 25.6 Å². The van der Waals surface area contributed by atoms with Gasteiger partial charge in [-0.05, 0) is 54.8 Å². The number of piperidine rings is 1. The van der Waals surface area contributed by atoms with Crippen LogP contribution in [0.25, 0.3) is 0 Å². The molecular formula is C19H25FN6O3. The quantitative estimate of drug-likeness (QED) is 0.785. The van der Waals surface area contributed by atoms with Crippen molar-refractivity contribution in [2.75, 3.05) is 19.7 Å². The molecule has 0 aliphatic carbocycles. The van der Waals surface area contributed by atoms with E-state index in [0.717, 1.165) is 12.8 Å². The molecule has 3 rings (SSSR count). The van der Waals surface area contributed by atoms with E-state index in [2.05, 4.69) is 20.8 Å². The van der Waals surface area contributed by atoms with E-state index in [1.54, 1.807) is 30.9 Å². The molecule has 1 aromatic carbocycles. The van der Waals surface area contributed by atoms with Crippen molar-refractivity contribution in [3.63, 3.8) is 0 Å². The Morgan fingerprint density at radius 2 is 2.24 bits per heavy atom. The second-order valence-electron chi connectivity index (χ2n) is 7.01. The highest BCUT2D eigenvalue weighted by molar-refractivity contribution is 5.81. The zero-order chi connectivity index (χ0) is 20.8. The summed E-state index contributed by atoms with van der Waals surface area (Å²) in [5.41, 5.74) is 0.677. The molecule has 0 unspecified atom stereocenters. The molecule has 1 aromatic heterocycles. The second-order valence-corrected chi connectivity index (χ2v) is 7.01. The first kappa shape index (κ1) is 20.7. The Balaban J connectivity index is 1.77. The van der Waals surface area contributed by atoms with Crippen molar-refractivity contribution in [3.8, 4) is 0 Å². The zero-order valence-corrected chi connectivity index (χ0v) is 16.5. The van der Waals surface area contributed by atoms with Gasteiger partial charge in [-0.2, -0.15) is 0 Å². The Labute approximate surface area is 168 Å². The van der Waals surface area contributed by atoms with Gasteiger partial charge in [0.25, 0.3) is 0 Å². The lowest BCUT2D eigenvalue weighted by atomic mass is 10.0. The molecule has 0 spiro atoms. The fourth-order valence-corrected chi connectivity index (χ4v) is 3.54. The minimum absolute atomic E-state index is 0.167. The normalized spacial score (nSPS) is 17.6. The number of hydrogen-bond acceptors (Lipinski definition) is 6. The van der Waals surface area contributed by atoms with Crippen molar-refractivity contribution in [1.29, 1.82) is 0 Å². The number of alkyl carbamates (subject to hydrolysis) is 1.